The van der Waals surface area contributed by atoms with Gasteiger partial charge in [0.15, 0.2) is 0 Å². The van der Waals surface area contributed by atoms with Gasteiger partial charge < -0.3 is 15.1 Å². The van der Waals surface area contributed by atoms with Crippen LogP contribution in [0.15, 0.2) is 0 Å². The minimum absolute atomic E-state index is 0.134. The van der Waals surface area contributed by atoms with Crippen molar-refractivity contribution in [1.29, 1.82) is 0 Å². The third kappa shape index (κ3) is 39.4. The number of amides is 1. The third-order valence-electron chi connectivity index (χ3n) is 7.73. The minimum Gasteiger partial charge on any atom is -0.400 e. The van der Waals surface area contributed by atoms with E-state index in [4.69, 9.17) is 10.2 Å². The van der Waals surface area contributed by atoms with Gasteiger partial charge in [-0.2, -0.15) is 0 Å². The molecule has 4 heteroatoms. The first-order chi connectivity index (χ1) is 19.9. The lowest BCUT2D eigenvalue weighted by atomic mass is 10.0. The van der Waals surface area contributed by atoms with E-state index in [-0.39, 0.29) is 5.92 Å². The van der Waals surface area contributed by atoms with Gasteiger partial charge in [0.2, 0.25) is 5.91 Å². The third-order valence-corrected chi connectivity index (χ3v) is 7.73. The predicted octanol–water partition coefficient (Wildman–Crippen LogP) is 11.1. The molecule has 0 heterocycles. The van der Waals surface area contributed by atoms with Gasteiger partial charge in [0.1, 0.15) is 0 Å². The summed E-state index contributed by atoms with van der Waals surface area (Å²) in [4.78, 5) is 14.8. The summed E-state index contributed by atoms with van der Waals surface area (Å²) in [5.41, 5.74) is 0. The number of carbonyl (C=O) groups is 1. The van der Waals surface area contributed by atoms with Crippen molar-refractivity contribution in [3.05, 3.63) is 0 Å². The molecule has 250 valence electrons. The molecule has 0 unspecified atom stereocenters. The summed E-state index contributed by atoms with van der Waals surface area (Å²) in [7, 11) is 1.00. The summed E-state index contributed by atoms with van der Waals surface area (Å²) < 4.78 is 0. The number of carbonyl (C=O) groups excluding carboxylic acids is 1. The molecule has 0 radical (unpaired) electrons. The molecule has 2 N–H and O–H groups in total. The van der Waals surface area contributed by atoms with Gasteiger partial charge in [0.25, 0.3) is 0 Å². The summed E-state index contributed by atoms with van der Waals surface area (Å²) in [6.45, 7) is 14.9. The van der Waals surface area contributed by atoms with Gasteiger partial charge in [-0.15, -0.1) is 0 Å². The molecule has 0 bridgehead atoms. The van der Waals surface area contributed by atoms with E-state index in [1.54, 1.807) is 0 Å². The highest BCUT2D eigenvalue weighted by atomic mass is 16.3. The molecule has 1 amide bonds. The van der Waals surface area contributed by atoms with Gasteiger partial charge in [-0.05, 0) is 18.8 Å². The molecule has 0 aliphatic carbocycles. The fraction of sp³-hybridized carbons (Fsp3) is 0.973. The quantitative estimate of drug-likeness (QED) is 0.0898. The highest BCUT2D eigenvalue weighted by Gasteiger charge is 2.16. The Kier molecular flexibility index (Phi) is 43.1. The molecular weight excluding hydrogens is 506 g/mol. The van der Waals surface area contributed by atoms with Crippen molar-refractivity contribution in [2.45, 2.75) is 196 Å². The van der Waals surface area contributed by atoms with E-state index in [0.29, 0.717) is 18.4 Å². The monoisotopic (exact) mass is 586 g/mol. The molecular formula is C37H79NO3. The second-order valence-electron chi connectivity index (χ2n) is 12.8. The summed E-state index contributed by atoms with van der Waals surface area (Å²) in [5.74, 6) is 0.941. The second kappa shape index (κ2) is 39.4. The largest absolute Gasteiger partial charge is 0.400 e. The Hall–Kier alpha value is -0.610. The highest BCUT2D eigenvalue weighted by Crippen LogP contribution is 2.15. The van der Waals surface area contributed by atoms with Crippen LogP contribution in [0.2, 0.25) is 0 Å². The average molecular weight is 586 g/mol. The van der Waals surface area contributed by atoms with Crippen LogP contribution in [0.1, 0.15) is 196 Å². The SMILES string of the molecule is CC(C)CO.CCCCCCCCCCCCCCN(CCCCCCCCCCCCCC)C(=O)C(C)C.CO. The Bertz CT molecular complexity index is 439. The molecule has 41 heavy (non-hydrogen) atoms. The summed E-state index contributed by atoms with van der Waals surface area (Å²) in [5, 5.41) is 15.1. The molecule has 0 aromatic rings. The van der Waals surface area contributed by atoms with Crippen molar-refractivity contribution >= 4 is 5.91 Å². The van der Waals surface area contributed by atoms with Gasteiger partial charge >= 0.3 is 0 Å². The molecule has 0 rings (SSSR count). The van der Waals surface area contributed by atoms with Crippen LogP contribution in [-0.2, 0) is 4.79 Å². The normalized spacial score (nSPS) is 10.8. The smallest absolute Gasteiger partial charge is 0.225 e. The maximum atomic E-state index is 12.6. The average Bonchev–Trinajstić information content (AvgIpc) is 2.98. The first-order valence-electron chi connectivity index (χ1n) is 18.2. The number of nitrogens with zero attached hydrogens (tertiary/aromatic N) is 1. The maximum Gasteiger partial charge on any atom is 0.225 e. The molecule has 0 aliphatic heterocycles. The van der Waals surface area contributed by atoms with Crippen molar-refractivity contribution < 1.29 is 15.0 Å². The van der Waals surface area contributed by atoms with E-state index < -0.39 is 0 Å². The van der Waals surface area contributed by atoms with Crippen LogP contribution < -0.4 is 0 Å². The lowest BCUT2D eigenvalue weighted by molar-refractivity contribution is -0.134. The van der Waals surface area contributed by atoms with Gasteiger partial charge in [0.05, 0.1) is 0 Å². The zero-order valence-corrected chi connectivity index (χ0v) is 29.5. The Morgan fingerprint density at radius 3 is 0.902 bits per heavy atom. The highest BCUT2D eigenvalue weighted by molar-refractivity contribution is 5.78. The van der Waals surface area contributed by atoms with Crippen molar-refractivity contribution in [2.24, 2.45) is 11.8 Å². The number of aliphatic hydroxyl groups is 2. The maximum absolute atomic E-state index is 12.6. The Morgan fingerprint density at radius 2 is 0.707 bits per heavy atom. The van der Waals surface area contributed by atoms with E-state index in [1.165, 1.54) is 154 Å². The standard InChI is InChI=1S/C32H65NO.C4H10O.CH4O/c1-5-7-9-11-13-15-17-19-21-23-25-27-29-33(32(34)31(3)4)30-28-26-24-22-20-18-16-14-12-10-8-6-2;1-4(2)3-5;1-2/h31H,5-30H2,1-4H3;4-5H,3H2,1-2H3;2H,1H3. The number of rotatable bonds is 28. The minimum atomic E-state index is 0.134. The number of aliphatic hydroxyl groups excluding tert-OH is 2. The molecule has 0 aromatic heterocycles. The van der Waals surface area contributed by atoms with Crippen LogP contribution in [0.3, 0.4) is 0 Å². The summed E-state index contributed by atoms with van der Waals surface area (Å²) >= 11 is 0. The summed E-state index contributed by atoms with van der Waals surface area (Å²) in [6.07, 6.45) is 33.0. The lowest BCUT2D eigenvalue weighted by Gasteiger charge is -2.24. The van der Waals surface area contributed by atoms with Crippen LogP contribution in [0, 0.1) is 11.8 Å². The Morgan fingerprint density at radius 1 is 0.488 bits per heavy atom. The second-order valence-corrected chi connectivity index (χ2v) is 12.8. The fourth-order valence-corrected chi connectivity index (χ4v) is 4.98. The number of hydrogen-bond acceptors (Lipinski definition) is 3. The van der Waals surface area contributed by atoms with E-state index in [9.17, 15) is 4.79 Å². The molecule has 0 fully saturated rings. The topological polar surface area (TPSA) is 60.8 Å². The van der Waals surface area contributed by atoms with Crippen LogP contribution in [-0.4, -0.2) is 47.8 Å². The van der Waals surface area contributed by atoms with E-state index in [0.717, 1.165) is 20.2 Å². The van der Waals surface area contributed by atoms with Crippen LogP contribution >= 0.6 is 0 Å². The van der Waals surface area contributed by atoms with Gasteiger partial charge in [-0.1, -0.05) is 183 Å². The van der Waals surface area contributed by atoms with Gasteiger partial charge in [-0.3, -0.25) is 4.79 Å². The summed E-state index contributed by atoms with van der Waals surface area (Å²) in [6, 6.07) is 0. The lowest BCUT2D eigenvalue weighted by Crippen LogP contribution is -2.36. The first-order valence-corrected chi connectivity index (χ1v) is 18.2. The number of hydrogen-bond donors (Lipinski definition) is 2. The van der Waals surface area contributed by atoms with Crippen molar-refractivity contribution in [3.63, 3.8) is 0 Å². The Labute approximate surface area is 259 Å². The van der Waals surface area contributed by atoms with Gasteiger partial charge in [0, 0.05) is 32.7 Å². The Balaban J connectivity index is -0.00000184. The van der Waals surface area contributed by atoms with Crippen LogP contribution in [0.4, 0.5) is 0 Å². The predicted molar refractivity (Wildman–Crippen MR) is 184 cm³/mol. The van der Waals surface area contributed by atoms with Crippen molar-refractivity contribution in [3.8, 4) is 0 Å². The zero-order valence-electron chi connectivity index (χ0n) is 29.5. The zero-order chi connectivity index (χ0) is 31.4. The van der Waals surface area contributed by atoms with Gasteiger partial charge in [-0.25, -0.2) is 0 Å². The molecule has 0 atom stereocenters. The van der Waals surface area contributed by atoms with E-state index in [1.807, 2.05) is 13.8 Å². The van der Waals surface area contributed by atoms with Crippen LogP contribution in [0.25, 0.3) is 0 Å². The first kappa shape index (κ1) is 44.8. The fourth-order valence-electron chi connectivity index (χ4n) is 4.98. The van der Waals surface area contributed by atoms with E-state index >= 15 is 0 Å². The number of unbranched alkanes of at least 4 members (excludes halogenated alkanes) is 22. The molecule has 4 nitrogen and oxygen atoms in total. The van der Waals surface area contributed by atoms with Crippen LogP contribution in [0.5, 0.6) is 0 Å². The molecule has 0 spiro atoms. The molecule has 0 saturated heterocycles. The van der Waals surface area contributed by atoms with E-state index in [2.05, 4.69) is 32.6 Å². The molecule has 0 aromatic carbocycles. The molecule has 0 aliphatic rings. The van der Waals surface area contributed by atoms with Crippen molar-refractivity contribution in [1.82, 2.24) is 4.90 Å². The van der Waals surface area contributed by atoms with Crippen molar-refractivity contribution in [2.75, 3.05) is 26.8 Å². The molecule has 0 saturated carbocycles.